The third-order valence-electron chi connectivity index (χ3n) is 7.11. The van der Waals surface area contributed by atoms with Crippen LogP contribution in [0.3, 0.4) is 0 Å². The summed E-state index contributed by atoms with van der Waals surface area (Å²) in [6.07, 6.45) is 2.46. The van der Waals surface area contributed by atoms with Crippen LogP contribution in [0.5, 0.6) is 0 Å². The molecule has 9 nitrogen and oxygen atoms in total. The van der Waals surface area contributed by atoms with Gasteiger partial charge in [0.1, 0.15) is 23.1 Å². The highest BCUT2D eigenvalue weighted by Crippen LogP contribution is 2.40. The van der Waals surface area contributed by atoms with Crippen LogP contribution in [0.4, 0.5) is 14.6 Å². The standard InChI is InChI=1S/C26H24F2N6O3S/c1-26(2)20-19(9-10-38(36,37)16-7-8-16)30-23(31-22(20)32-25(26)35)21-17-11-15(27)12-29-24(17)34(33-21)13-14-5-3-4-6-18(14)28/h3-6,11-12,16H,7-10,13H2,1-2H3,(H,30,31,32,35). The number of carbonyl (C=O) groups excluding carboxylic acids is 1. The number of sulfone groups is 1. The maximum Gasteiger partial charge on any atom is 0.235 e. The van der Waals surface area contributed by atoms with E-state index in [9.17, 15) is 22.0 Å². The van der Waals surface area contributed by atoms with E-state index in [0.29, 0.717) is 40.7 Å². The average Bonchev–Trinajstić information content (AvgIpc) is 3.63. The minimum Gasteiger partial charge on any atom is -0.310 e. The minimum absolute atomic E-state index is 0.0308. The number of nitrogens with zero attached hydrogens (tertiary/aromatic N) is 5. The Balaban J connectivity index is 1.49. The predicted molar refractivity (Wildman–Crippen MR) is 136 cm³/mol. The van der Waals surface area contributed by atoms with E-state index in [2.05, 4.69) is 25.4 Å². The Morgan fingerprint density at radius 1 is 1.16 bits per heavy atom. The van der Waals surface area contributed by atoms with Crippen molar-refractivity contribution in [2.45, 2.75) is 50.3 Å². The van der Waals surface area contributed by atoms with E-state index in [1.165, 1.54) is 16.8 Å². The van der Waals surface area contributed by atoms with Crippen LogP contribution in [0.15, 0.2) is 36.5 Å². The molecular formula is C26H24F2N6O3S. The fourth-order valence-corrected chi connectivity index (χ4v) is 6.51. The minimum atomic E-state index is -3.29. The van der Waals surface area contributed by atoms with Gasteiger partial charge >= 0.3 is 0 Å². The number of pyridine rings is 1. The van der Waals surface area contributed by atoms with Gasteiger partial charge in [0.2, 0.25) is 5.91 Å². The summed E-state index contributed by atoms with van der Waals surface area (Å²) < 4.78 is 55.4. The predicted octanol–water partition coefficient (Wildman–Crippen LogP) is 3.56. The first-order valence-corrected chi connectivity index (χ1v) is 14.0. The van der Waals surface area contributed by atoms with Gasteiger partial charge in [-0.15, -0.1) is 0 Å². The molecule has 0 radical (unpaired) electrons. The number of rotatable bonds is 7. The third kappa shape index (κ3) is 4.12. The molecule has 0 saturated heterocycles. The smallest absolute Gasteiger partial charge is 0.235 e. The first-order chi connectivity index (χ1) is 18.0. The van der Waals surface area contributed by atoms with E-state index in [-0.39, 0.29) is 47.2 Å². The van der Waals surface area contributed by atoms with Crippen LogP contribution in [0.2, 0.25) is 0 Å². The van der Waals surface area contributed by atoms with Crippen molar-refractivity contribution in [1.29, 1.82) is 0 Å². The highest BCUT2D eigenvalue weighted by atomic mass is 32.2. The number of hydrogen-bond donors (Lipinski definition) is 1. The monoisotopic (exact) mass is 538 g/mol. The van der Waals surface area contributed by atoms with Gasteiger partial charge in [-0.05, 0) is 38.8 Å². The zero-order valence-electron chi connectivity index (χ0n) is 20.7. The second kappa shape index (κ2) is 8.62. The lowest BCUT2D eigenvalue weighted by molar-refractivity contribution is -0.119. The molecular weight excluding hydrogens is 514 g/mol. The van der Waals surface area contributed by atoms with Crippen molar-refractivity contribution in [2.75, 3.05) is 11.1 Å². The molecule has 196 valence electrons. The Morgan fingerprint density at radius 2 is 1.92 bits per heavy atom. The van der Waals surface area contributed by atoms with Crippen LogP contribution in [-0.4, -0.2) is 50.1 Å². The molecule has 4 heterocycles. The first kappa shape index (κ1) is 24.5. The maximum absolute atomic E-state index is 14.4. The van der Waals surface area contributed by atoms with Crippen molar-refractivity contribution >= 4 is 32.6 Å². The van der Waals surface area contributed by atoms with Crippen LogP contribution in [-0.2, 0) is 33.0 Å². The van der Waals surface area contributed by atoms with E-state index < -0.39 is 26.9 Å². The second-order valence-corrected chi connectivity index (χ2v) is 12.6. The van der Waals surface area contributed by atoms with Gasteiger partial charge in [-0.1, -0.05) is 18.2 Å². The molecule has 0 unspecified atom stereocenters. The van der Waals surface area contributed by atoms with E-state index in [1.54, 1.807) is 32.0 Å². The Hall–Kier alpha value is -3.80. The molecule has 1 saturated carbocycles. The highest BCUT2D eigenvalue weighted by Gasteiger charge is 2.43. The van der Waals surface area contributed by atoms with E-state index in [1.807, 2.05) is 0 Å². The molecule has 12 heteroatoms. The number of aromatic nitrogens is 5. The van der Waals surface area contributed by atoms with Crippen molar-refractivity contribution in [3.63, 3.8) is 0 Å². The fourth-order valence-electron chi connectivity index (χ4n) is 4.85. The lowest BCUT2D eigenvalue weighted by Gasteiger charge is -2.18. The van der Waals surface area contributed by atoms with Gasteiger partial charge in [0, 0.05) is 17.5 Å². The molecule has 4 aromatic rings. The fraction of sp³-hybridized carbons (Fsp3) is 0.346. The Morgan fingerprint density at radius 3 is 2.66 bits per heavy atom. The van der Waals surface area contributed by atoms with Crippen LogP contribution in [0.25, 0.3) is 22.6 Å². The van der Waals surface area contributed by atoms with Crippen LogP contribution in [0, 0.1) is 11.6 Å². The highest BCUT2D eigenvalue weighted by molar-refractivity contribution is 7.92. The SMILES string of the molecule is CC1(C)C(=O)Nc2nc(-c3nn(Cc4ccccc4F)c4ncc(F)cc34)nc(CCS(=O)(=O)C3CC3)c21. The van der Waals surface area contributed by atoms with Crippen molar-refractivity contribution in [1.82, 2.24) is 24.7 Å². The Bertz CT molecular complexity index is 1730. The summed E-state index contributed by atoms with van der Waals surface area (Å²) in [5.74, 6) is -1.06. The molecule has 2 aliphatic rings. The van der Waals surface area contributed by atoms with Crippen molar-refractivity contribution < 1.29 is 22.0 Å². The molecule has 1 aliphatic heterocycles. The molecule has 0 spiro atoms. The largest absolute Gasteiger partial charge is 0.310 e. The molecule has 38 heavy (non-hydrogen) atoms. The van der Waals surface area contributed by atoms with Crippen LogP contribution in [0.1, 0.15) is 43.5 Å². The molecule has 6 rings (SSSR count). The summed E-state index contributed by atoms with van der Waals surface area (Å²) >= 11 is 0. The molecule has 1 aromatic carbocycles. The quantitative estimate of drug-likeness (QED) is 0.382. The van der Waals surface area contributed by atoms with Gasteiger partial charge in [-0.3, -0.25) is 4.79 Å². The number of hydrogen-bond acceptors (Lipinski definition) is 7. The number of halogens is 2. The van der Waals surface area contributed by atoms with Crippen LogP contribution >= 0.6 is 0 Å². The zero-order chi connectivity index (χ0) is 26.8. The first-order valence-electron chi connectivity index (χ1n) is 12.2. The summed E-state index contributed by atoms with van der Waals surface area (Å²) in [7, 11) is -3.29. The van der Waals surface area contributed by atoms with E-state index in [0.717, 1.165) is 6.20 Å². The van der Waals surface area contributed by atoms with Crippen LogP contribution < -0.4 is 5.32 Å². The number of benzene rings is 1. The lowest BCUT2D eigenvalue weighted by Crippen LogP contribution is -2.28. The number of anilines is 1. The lowest BCUT2D eigenvalue weighted by atomic mass is 9.85. The molecule has 1 N–H and O–H groups in total. The van der Waals surface area contributed by atoms with Gasteiger partial charge in [-0.2, -0.15) is 5.10 Å². The summed E-state index contributed by atoms with van der Waals surface area (Å²) in [6, 6.07) is 7.49. The normalized spacial score (nSPS) is 16.6. The molecule has 1 amide bonds. The number of fused-ring (bicyclic) bond motifs is 2. The Labute approximate surface area is 217 Å². The summed E-state index contributed by atoms with van der Waals surface area (Å²) in [6.45, 7) is 3.49. The molecule has 3 aromatic heterocycles. The van der Waals surface area contributed by atoms with Crippen molar-refractivity contribution in [3.05, 3.63) is 65.0 Å². The van der Waals surface area contributed by atoms with E-state index in [4.69, 9.17) is 0 Å². The van der Waals surface area contributed by atoms with Gasteiger partial charge in [0.15, 0.2) is 21.3 Å². The van der Waals surface area contributed by atoms with E-state index >= 15 is 0 Å². The molecule has 1 aliphatic carbocycles. The maximum atomic E-state index is 14.4. The third-order valence-corrected chi connectivity index (χ3v) is 9.37. The number of aryl methyl sites for hydroxylation is 1. The molecule has 0 atom stereocenters. The topological polar surface area (TPSA) is 120 Å². The van der Waals surface area contributed by atoms with Gasteiger partial charge in [0.05, 0.1) is 40.2 Å². The molecule has 1 fully saturated rings. The molecule has 0 bridgehead atoms. The van der Waals surface area contributed by atoms with Crippen molar-refractivity contribution in [3.8, 4) is 11.5 Å². The number of amides is 1. The number of nitrogens with one attached hydrogen (secondary N) is 1. The zero-order valence-corrected chi connectivity index (χ0v) is 21.5. The number of carbonyl (C=O) groups is 1. The second-order valence-electron chi connectivity index (χ2n) is 10.2. The van der Waals surface area contributed by atoms with Crippen molar-refractivity contribution in [2.24, 2.45) is 0 Å². The van der Waals surface area contributed by atoms with Gasteiger partial charge < -0.3 is 5.32 Å². The summed E-state index contributed by atoms with van der Waals surface area (Å²) in [5.41, 5.74) is 0.846. The average molecular weight is 539 g/mol. The summed E-state index contributed by atoms with van der Waals surface area (Å²) in [5, 5.41) is 7.33. The summed E-state index contributed by atoms with van der Waals surface area (Å²) in [4.78, 5) is 26.2. The van der Waals surface area contributed by atoms with Gasteiger partial charge in [0.25, 0.3) is 0 Å². The Kier molecular flexibility index (Phi) is 5.56. The van der Waals surface area contributed by atoms with Gasteiger partial charge in [-0.25, -0.2) is 36.8 Å².